The molecule has 0 spiro atoms. The van der Waals surface area contributed by atoms with Crippen molar-refractivity contribution in [2.24, 2.45) is 5.73 Å². The van der Waals surface area contributed by atoms with E-state index in [4.69, 9.17) is 10.5 Å². The van der Waals surface area contributed by atoms with Crippen LogP contribution in [0.3, 0.4) is 0 Å². The topological polar surface area (TPSA) is 64.3 Å². The summed E-state index contributed by atoms with van der Waals surface area (Å²) < 4.78 is 5.15. The second-order valence-corrected chi connectivity index (χ2v) is 3.63. The predicted molar refractivity (Wildman–Crippen MR) is 52.4 cm³/mol. The van der Waals surface area contributed by atoms with E-state index in [-0.39, 0.29) is 11.5 Å². The molecule has 1 amide bonds. The number of amides is 1. The van der Waals surface area contributed by atoms with Gasteiger partial charge in [0.15, 0.2) is 0 Å². The van der Waals surface area contributed by atoms with Crippen LogP contribution in [-0.4, -0.2) is 31.7 Å². The van der Waals surface area contributed by atoms with E-state index < -0.39 is 0 Å². The molecule has 0 rings (SSSR count). The first-order valence-electron chi connectivity index (χ1n) is 4.54. The molecule has 0 aromatic carbocycles. The zero-order chi connectivity index (χ0) is 10.3. The molecule has 0 unspecified atom stereocenters. The van der Waals surface area contributed by atoms with E-state index >= 15 is 0 Å². The average Bonchev–Trinajstić information content (AvgIpc) is 2.11. The lowest BCUT2D eigenvalue weighted by Crippen LogP contribution is -2.39. The lowest BCUT2D eigenvalue weighted by Gasteiger charge is -2.22. The van der Waals surface area contributed by atoms with Gasteiger partial charge in [0.2, 0.25) is 5.91 Å². The summed E-state index contributed by atoms with van der Waals surface area (Å²) in [5.74, 6) is 0.0376. The quantitative estimate of drug-likeness (QED) is 0.628. The third-order valence-corrected chi connectivity index (χ3v) is 1.87. The van der Waals surface area contributed by atoms with E-state index in [1.54, 1.807) is 7.11 Å². The van der Waals surface area contributed by atoms with E-state index in [1.165, 1.54) is 0 Å². The van der Waals surface area contributed by atoms with Crippen LogP contribution >= 0.6 is 0 Å². The normalized spacial score (nSPS) is 11.4. The van der Waals surface area contributed by atoms with Gasteiger partial charge in [-0.1, -0.05) is 0 Å². The second kappa shape index (κ2) is 5.94. The van der Waals surface area contributed by atoms with Crippen molar-refractivity contribution in [3.63, 3.8) is 0 Å². The van der Waals surface area contributed by atoms with Gasteiger partial charge in [0.05, 0.1) is 5.60 Å². The molecule has 13 heavy (non-hydrogen) atoms. The zero-order valence-electron chi connectivity index (χ0n) is 8.72. The summed E-state index contributed by atoms with van der Waals surface area (Å²) in [7, 11) is 1.63. The highest BCUT2D eigenvalue weighted by Gasteiger charge is 2.16. The minimum atomic E-state index is -0.293. The molecule has 0 saturated heterocycles. The molecule has 0 radical (unpaired) electrons. The summed E-state index contributed by atoms with van der Waals surface area (Å²) in [5, 5.41) is 2.79. The van der Waals surface area contributed by atoms with Gasteiger partial charge < -0.3 is 15.8 Å². The maximum atomic E-state index is 11.1. The first kappa shape index (κ1) is 12.4. The smallest absolute Gasteiger partial charge is 0.220 e. The number of hydrogen-bond acceptors (Lipinski definition) is 3. The van der Waals surface area contributed by atoms with Crippen LogP contribution in [0, 0.1) is 0 Å². The van der Waals surface area contributed by atoms with Crippen molar-refractivity contribution in [1.82, 2.24) is 5.32 Å². The fraction of sp³-hybridized carbons (Fsp3) is 0.889. The third kappa shape index (κ3) is 6.54. The zero-order valence-corrected chi connectivity index (χ0v) is 8.72. The summed E-state index contributed by atoms with van der Waals surface area (Å²) in [6, 6.07) is 0. The number of hydrogen-bond donors (Lipinski definition) is 2. The fourth-order valence-corrected chi connectivity index (χ4v) is 0.735. The lowest BCUT2D eigenvalue weighted by atomic mass is 10.1. The Hall–Kier alpha value is -0.610. The Morgan fingerprint density at radius 2 is 2.15 bits per heavy atom. The summed E-state index contributed by atoms with van der Waals surface area (Å²) in [4.78, 5) is 11.1. The van der Waals surface area contributed by atoms with Crippen LogP contribution in [0.4, 0.5) is 0 Å². The molecule has 0 saturated carbocycles. The number of nitrogens with one attached hydrogen (secondary N) is 1. The van der Waals surface area contributed by atoms with Gasteiger partial charge in [-0.25, -0.2) is 0 Å². The standard InChI is InChI=1S/C9H20N2O2/c1-9(2,13-3)7-11-8(12)5-4-6-10/h4-7,10H2,1-3H3,(H,11,12). The van der Waals surface area contributed by atoms with Gasteiger partial charge in [-0.15, -0.1) is 0 Å². The Balaban J connectivity index is 3.57. The molecule has 0 atom stereocenters. The summed E-state index contributed by atoms with van der Waals surface area (Å²) in [6.07, 6.45) is 1.23. The van der Waals surface area contributed by atoms with Crippen molar-refractivity contribution in [1.29, 1.82) is 0 Å². The highest BCUT2D eigenvalue weighted by molar-refractivity contribution is 5.75. The van der Waals surface area contributed by atoms with Gasteiger partial charge in [0.1, 0.15) is 0 Å². The highest BCUT2D eigenvalue weighted by Crippen LogP contribution is 2.04. The van der Waals surface area contributed by atoms with E-state index in [9.17, 15) is 4.79 Å². The van der Waals surface area contributed by atoms with Crippen LogP contribution in [0.1, 0.15) is 26.7 Å². The Kier molecular flexibility index (Phi) is 5.66. The Morgan fingerprint density at radius 3 is 2.62 bits per heavy atom. The molecule has 4 heteroatoms. The molecule has 3 N–H and O–H groups in total. The lowest BCUT2D eigenvalue weighted by molar-refractivity contribution is -0.122. The van der Waals surface area contributed by atoms with Crippen LogP contribution in [0.2, 0.25) is 0 Å². The van der Waals surface area contributed by atoms with Crippen LogP contribution in [-0.2, 0) is 9.53 Å². The van der Waals surface area contributed by atoms with Gasteiger partial charge in [0, 0.05) is 20.1 Å². The molecule has 0 bridgehead atoms. The van der Waals surface area contributed by atoms with Crippen molar-refractivity contribution in [3.05, 3.63) is 0 Å². The van der Waals surface area contributed by atoms with Gasteiger partial charge in [-0.3, -0.25) is 4.79 Å². The Morgan fingerprint density at radius 1 is 1.54 bits per heavy atom. The van der Waals surface area contributed by atoms with Gasteiger partial charge >= 0.3 is 0 Å². The van der Waals surface area contributed by atoms with Gasteiger partial charge in [-0.05, 0) is 26.8 Å². The Labute approximate surface area is 79.8 Å². The molecule has 0 fully saturated rings. The van der Waals surface area contributed by atoms with Crippen molar-refractivity contribution in [2.75, 3.05) is 20.2 Å². The Bertz CT molecular complexity index is 158. The van der Waals surface area contributed by atoms with Crippen LogP contribution in [0.5, 0.6) is 0 Å². The van der Waals surface area contributed by atoms with Crippen molar-refractivity contribution in [3.8, 4) is 0 Å². The number of rotatable bonds is 6. The van der Waals surface area contributed by atoms with E-state index in [0.29, 0.717) is 19.5 Å². The van der Waals surface area contributed by atoms with E-state index in [1.807, 2.05) is 13.8 Å². The number of carbonyl (C=O) groups is 1. The molecule has 0 aromatic rings. The fourth-order valence-electron chi connectivity index (χ4n) is 0.735. The molecule has 0 aliphatic carbocycles. The van der Waals surface area contributed by atoms with Gasteiger partial charge in [0.25, 0.3) is 0 Å². The van der Waals surface area contributed by atoms with Gasteiger partial charge in [-0.2, -0.15) is 0 Å². The second-order valence-electron chi connectivity index (χ2n) is 3.63. The molecule has 4 nitrogen and oxygen atoms in total. The summed E-state index contributed by atoms with van der Waals surface area (Å²) >= 11 is 0. The van der Waals surface area contributed by atoms with Crippen LogP contribution in [0.25, 0.3) is 0 Å². The molecule has 0 aliphatic rings. The third-order valence-electron chi connectivity index (χ3n) is 1.87. The van der Waals surface area contributed by atoms with E-state index in [2.05, 4.69) is 5.32 Å². The molecule has 0 heterocycles. The maximum Gasteiger partial charge on any atom is 0.220 e. The predicted octanol–water partition coefficient (Wildman–Crippen LogP) is 0.267. The number of ether oxygens (including phenoxy) is 1. The van der Waals surface area contributed by atoms with Crippen LogP contribution in [0.15, 0.2) is 0 Å². The van der Waals surface area contributed by atoms with Crippen LogP contribution < -0.4 is 11.1 Å². The van der Waals surface area contributed by atoms with Crippen molar-refractivity contribution in [2.45, 2.75) is 32.3 Å². The number of methoxy groups -OCH3 is 1. The highest BCUT2D eigenvalue weighted by atomic mass is 16.5. The van der Waals surface area contributed by atoms with E-state index in [0.717, 1.165) is 6.42 Å². The minimum Gasteiger partial charge on any atom is -0.377 e. The largest absolute Gasteiger partial charge is 0.377 e. The SMILES string of the molecule is COC(C)(C)CNC(=O)CCCN. The average molecular weight is 188 g/mol. The number of nitrogens with two attached hydrogens (primary N) is 1. The maximum absolute atomic E-state index is 11.1. The first-order valence-corrected chi connectivity index (χ1v) is 4.54. The summed E-state index contributed by atoms with van der Waals surface area (Å²) in [6.45, 7) is 4.94. The molecule has 0 aromatic heterocycles. The molecular formula is C9H20N2O2. The molecular weight excluding hydrogens is 168 g/mol. The van der Waals surface area contributed by atoms with Crippen molar-refractivity contribution >= 4 is 5.91 Å². The minimum absolute atomic E-state index is 0.0376. The molecule has 0 aliphatic heterocycles. The first-order chi connectivity index (χ1) is 6.02. The number of carbonyl (C=O) groups excluding carboxylic acids is 1. The summed E-state index contributed by atoms with van der Waals surface area (Å²) in [5.41, 5.74) is 4.99. The monoisotopic (exact) mass is 188 g/mol. The molecule has 78 valence electrons. The van der Waals surface area contributed by atoms with Crippen molar-refractivity contribution < 1.29 is 9.53 Å².